The molecule has 0 aromatic rings. The zero-order valence-corrected chi connectivity index (χ0v) is 11.1. The first-order valence-electron chi connectivity index (χ1n) is 7.41. The summed E-state index contributed by atoms with van der Waals surface area (Å²) in [4.78, 5) is 0. The van der Waals surface area contributed by atoms with Gasteiger partial charge >= 0.3 is 0 Å². The minimum absolute atomic E-state index is 0.259. The van der Waals surface area contributed by atoms with Crippen LogP contribution in [0.4, 0.5) is 0 Å². The minimum atomic E-state index is 0.259. The molecule has 4 nitrogen and oxygen atoms in total. The lowest BCUT2D eigenvalue weighted by Crippen LogP contribution is -2.47. The molecule has 5 unspecified atom stereocenters. The van der Waals surface area contributed by atoms with Crippen molar-refractivity contribution >= 4 is 0 Å². The highest BCUT2D eigenvalue weighted by atomic mass is 16.6. The fourth-order valence-electron chi connectivity index (χ4n) is 4.04. The second-order valence-electron chi connectivity index (χ2n) is 6.41. The van der Waals surface area contributed by atoms with Crippen LogP contribution < -0.4 is 11.5 Å². The summed E-state index contributed by atoms with van der Waals surface area (Å²) < 4.78 is 10.9. The molecule has 0 amide bonds. The second-order valence-corrected chi connectivity index (χ2v) is 6.41. The van der Waals surface area contributed by atoms with Gasteiger partial charge in [0.1, 0.15) is 0 Å². The van der Waals surface area contributed by atoms with Gasteiger partial charge in [-0.2, -0.15) is 0 Å². The van der Waals surface area contributed by atoms with Crippen LogP contribution in [0.3, 0.4) is 0 Å². The largest absolute Gasteiger partial charge is 0.373 e. The molecule has 5 atom stereocenters. The SMILES string of the molecule is NCC1CCCC(CN)(CC2CO2)C1CC1CO1. The molecule has 1 aliphatic carbocycles. The lowest BCUT2D eigenvalue weighted by molar-refractivity contribution is 0.0249. The molecular weight excluding hydrogens is 228 g/mol. The molecule has 18 heavy (non-hydrogen) atoms. The minimum Gasteiger partial charge on any atom is -0.373 e. The molecule has 2 aliphatic heterocycles. The zero-order chi connectivity index (χ0) is 12.6. The summed E-state index contributed by atoms with van der Waals surface area (Å²) in [6.07, 6.45) is 7.02. The van der Waals surface area contributed by atoms with Gasteiger partial charge in [0.05, 0.1) is 25.4 Å². The molecule has 2 heterocycles. The predicted octanol–water partition coefficient (Wildman–Crippen LogP) is 0.884. The summed E-state index contributed by atoms with van der Waals surface area (Å²) in [5, 5.41) is 0. The summed E-state index contributed by atoms with van der Waals surface area (Å²) in [6.45, 7) is 3.45. The Kier molecular flexibility index (Phi) is 3.63. The van der Waals surface area contributed by atoms with Crippen LogP contribution in [-0.2, 0) is 9.47 Å². The third-order valence-electron chi connectivity index (χ3n) is 5.27. The van der Waals surface area contributed by atoms with E-state index in [4.69, 9.17) is 20.9 Å². The average molecular weight is 254 g/mol. The first kappa shape index (κ1) is 12.9. The van der Waals surface area contributed by atoms with Crippen LogP contribution in [0.1, 0.15) is 32.1 Å². The van der Waals surface area contributed by atoms with Crippen molar-refractivity contribution in [2.45, 2.75) is 44.3 Å². The second kappa shape index (κ2) is 5.08. The Labute approximate surface area is 109 Å². The van der Waals surface area contributed by atoms with Crippen molar-refractivity contribution in [3.05, 3.63) is 0 Å². The Hall–Kier alpha value is -0.160. The van der Waals surface area contributed by atoms with E-state index in [1.807, 2.05) is 0 Å². The molecule has 3 fully saturated rings. The standard InChI is InChI=1S/C14H26N2O2/c15-6-10-2-1-3-14(9-16,5-12-8-18-12)13(10)4-11-7-17-11/h10-13H,1-9,15-16H2. The number of ether oxygens (including phenoxy) is 2. The van der Waals surface area contributed by atoms with E-state index >= 15 is 0 Å². The van der Waals surface area contributed by atoms with Gasteiger partial charge < -0.3 is 20.9 Å². The van der Waals surface area contributed by atoms with E-state index in [-0.39, 0.29) is 5.41 Å². The normalized spacial score (nSPS) is 47.0. The van der Waals surface area contributed by atoms with Gasteiger partial charge in [0.2, 0.25) is 0 Å². The molecule has 3 rings (SSSR count). The van der Waals surface area contributed by atoms with Gasteiger partial charge in [-0.15, -0.1) is 0 Å². The molecule has 0 aromatic heterocycles. The van der Waals surface area contributed by atoms with Gasteiger partial charge in [-0.25, -0.2) is 0 Å². The molecule has 4 heteroatoms. The molecule has 0 radical (unpaired) electrons. The van der Waals surface area contributed by atoms with Crippen molar-refractivity contribution in [2.75, 3.05) is 26.3 Å². The summed E-state index contributed by atoms with van der Waals surface area (Å²) >= 11 is 0. The average Bonchev–Trinajstić information content (AvgIpc) is 3.26. The fourth-order valence-corrected chi connectivity index (χ4v) is 4.04. The maximum Gasteiger partial charge on any atom is 0.0815 e. The number of rotatable bonds is 6. The molecular formula is C14H26N2O2. The molecule has 3 aliphatic rings. The summed E-state index contributed by atoms with van der Waals surface area (Å²) in [5.41, 5.74) is 12.4. The fraction of sp³-hybridized carbons (Fsp3) is 1.00. The lowest BCUT2D eigenvalue weighted by Gasteiger charge is -2.48. The van der Waals surface area contributed by atoms with Crippen molar-refractivity contribution in [1.82, 2.24) is 0 Å². The van der Waals surface area contributed by atoms with E-state index in [0.29, 0.717) is 24.0 Å². The van der Waals surface area contributed by atoms with Crippen LogP contribution in [0.25, 0.3) is 0 Å². The summed E-state index contributed by atoms with van der Waals surface area (Å²) in [7, 11) is 0. The number of hydrogen-bond acceptors (Lipinski definition) is 4. The highest BCUT2D eigenvalue weighted by Gasteiger charge is 2.49. The van der Waals surface area contributed by atoms with Crippen LogP contribution >= 0.6 is 0 Å². The molecule has 1 saturated carbocycles. The monoisotopic (exact) mass is 254 g/mol. The van der Waals surface area contributed by atoms with Gasteiger partial charge in [-0.3, -0.25) is 0 Å². The topological polar surface area (TPSA) is 77.1 Å². The third kappa shape index (κ3) is 2.57. The van der Waals surface area contributed by atoms with E-state index in [0.717, 1.165) is 39.1 Å². The first-order chi connectivity index (χ1) is 8.77. The van der Waals surface area contributed by atoms with E-state index < -0.39 is 0 Å². The van der Waals surface area contributed by atoms with E-state index in [9.17, 15) is 0 Å². The van der Waals surface area contributed by atoms with Gasteiger partial charge in [0.25, 0.3) is 0 Å². The predicted molar refractivity (Wildman–Crippen MR) is 70.1 cm³/mol. The Morgan fingerprint density at radius 2 is 1.83 bits per heavy atom. The molecule has 0 bridgehead atoms. The van der Waals surface area contributed by atoms with Crippen LogP contribution in [0.2, 0.25) is 0 Å². The number of hydrogen-bond donors (Lipinski definition) is 2. The van der Waals surface area contributed by atoms with Crippen LogP contribution in [0, 0.1) is 17.3 Å². The number of epoxide rings is 2. The highest BCUT2D eigenvalue weighted by molar-refractivity contribution is 4.99. The smallest absolute Gasteiger partial charge is 0.0815 e. The van der Waals surface area contributed by atoms with E-state index in [2.05, 4.69) is 0 Å². The van der Waals surface area contributed by atoms with Crippen molar-refractivity contribution in [2.24, 2.45) is 28.7 Å². The van der Waals surface area contributed by atoms with Gasteiger partial charge in [0.15, 0.2) is 0 Å². The maximum absolute atomic E-state index is 6.18. The van der Waals surface area contributed by atoms with Gasteiger partial charge in [0, 0.05) is 0 Å². The van der Waals surface area contributed by atoms with E-state index in [1.54, 1.807) is 0 Å². The van der Waals surface area contributed by atoms with Crippen LogP contribution in [-0.4, -0.2) is 38.5 Å². The van der Waals surface area contributed by atoms with E-state index in [1.165, 1.54) is 19.3 Å². The van der Waals surface area contributed by atoms with Gasteiger partial charge in [-0.1, -0.05) is 6.42 Å². The summed E-state index contributed by atoms with van der Waals surface area (Å²) in [5.74, 6) is 1.27. The Balaban J connectivity index is 1.76. The van der Waals surface area contributed by atoms with Crippen molar-refractivity contribution in [3.63, 3.8) is 0 Å². The quantitative estimate of drug-likeness (QED) is 0.690. The Morgan fingerprint density at radius 3 is 2.39 bits per heavy atom. The molecule has 0 aromatic carbocycles. The van der Waals surface area contributed by atoms with Crippen LogP contribution in [0.15, 0.2) is 0 Å². The first-order valence-corrected chi connectivity index (χ1v) is 7.41. The molecule has 0 spiro atoms. The number of nitrogens with two attached hydrogens (primary N) is 2. The molecule has 104 valence electrons. The molecule has 4 N–H and O–H groups in total. The third-order valence-corrected chi connectivity index (χ3v) is 5.27. The maximum atomic E-state index is 6.18. The molecule has 2 saturated heterocycles. The van der Waals surface area contributed by atoms with Gasteiger partial charge in [-0.05, 0) is 56.0 Å². The Bertz CT molecular complexity index is 292. The van der Waals surface area contributed by atoms with Crippen LogP contribution in [0.5, 0.6) is 0 Å². The van der Waals surface area contributed by atoms with Crippen molar-refractivity contribution < 1.29 is 9.47 Å². The zero-order valence-electron chi connectivity index (χ0n) is 11.1. The summed E-state index contributed by atoms with van der Waals surface area (Å²) in [6, 6.07) is 0. The lowest BCUT2D eigenvalue weighted by atomic mass is 9.58. The van der Waals surface area contributed by atoms with Crippen molar-refractivity contribution in [1.29, 1.82) is 0 Å². The highest BCUT2D eigenvalue weighted by Crippen LogP contribution is 2.51. The van der Waals surface area contributed by atoms with Crippen molar-refractivity contribution in [3.8, 4) is 0 Å². The Morgan fingerprint density at radius 1 is 1.11 bits per heavy atom.